The first-order valence-electron chi connectivity index (χ1n) is 8.21. The summed E-state index contributed by atoms with van der Waals surface area (Å²) in [5.74, 6) is 0. The van der Waals surface area contributed by atoms with Gasteiger partial charge in [-0.1, -0.05) is 24.3 Å². The molecule has 1 saturated heterocycles. The largest absolute Gasteiger partial charge is 0.450 e. The lowest BCUT2D eigenvalue weighted by atomic mass is 10.1. The fourth-order valence-corrected chi connectivity index (χ4v) is 3.58. The van der Waals surface area contributed by atoms with E-state index in [1.54, 1.807) is 4.90 Å². The van der Waals surface area contributed by atoms with Crippen LogP contribution in [0.2, 0.25) is 0 Å². The van der Waals surface area contributed by atoms with Crippen molar-refractivity contribution < 1.29 is 9.53 Å². The Hall–Kier alpha value is -1.82. The SMILES string of the molecule is CCOC(=O)N1CCN(C(=S)NC2Cc3ccccc3C2)CC1. The number of hydrogen-bond acceptors (Lipinski definition) is 3. The highest BCUT2D eigenvalue weighted by molar-refractivity contribution is 7.80. The molecule has 0 atom stereocenters. The summed E-state index contributed by atoms with van der Waals surface area (Å²) in [7, 11) is 0. The maximum atomic E-state index is 11.7. The Balaban J connectivity index is 1.47. The van der Waals surface area contributed by atoms with Crippen LogP contribution in [-0.2, 0) is 17.6 Å². The average Bonchev–Trinajstić information content (AvgIpc) is 2.97. The number of piperazine rings is 1. The third kappa shape index (κ3) is 3.75. The van der Waals surface area contributed by atoms with Crippen LogP contribution < -0.4 is 5.32 Å². The van der Waals surface area contributed by atoms with Crippen molar-refractivity contribution in [3.63, 3.8) is 0 Å². The van der Waals surface area contributed by atoms with Gasteiger partial charge in [0.2, 0.25) is 0 Å². The lowest BCUT2D eigenvalue weighted by Crippen LogP contribution is -2.54. The highest BCUT2D eigenvalue weighted by atomic mass is 32.1. The number of fused-ring (bicyclic) bond motifs is 1. The van der Waals surface area contributed by atoms with Crippen LogP contribution >= 0.6 is 12.2 Å². The Morgan fingerprint density at radius 2 is 1.74 bits per heavy atom. The first kappa shape index (κ1) is 16.1. The Kier molecular flexibility index (Phi) is 5.00. The first-order valence-corrected chi connectivity index (χ1v) is 8.62. The van der Waals surface area contributed by atoms with Crippen molar-refractivity contribution in [2.24, 2.45) is 0 Å². The fraction of sp³-hybridized carbons (Fsp3) is 0.529. The number of rotatable bonds is 2. The van der Waals surface area contributed by atoms with Crippen molar-refractivity contribution in [1.29, 1.82) is 0 Å². The van der Waals surface area contributed by atoms with Crippen LogP contribution in [0.4, 0.5) is 4.79 Å². The average molecular weight is 333 g/mol. The van der Waals surface area contributed by atoms with Gasteiger partial charge < -0.3 is 19.9 Å². The molecule has 1 aromatic carbocycles. The molecule has 0 unspecified atom stereocenters. The van der Waals surface area contributed by atoms with E-state index in [-0.39, 0.29) is 6.09 Å². The molecule has 5 nitrogen and oxygen atoms in total. The Morgan fingerprint density at radius 3 is 2.30 bits per heavy atom. The van der Waals surface area contributed by atoms with E-state index in [1.807, 2.05) is 6.92 Å². The van der Waals surface area contributed by atoms with Crippen LogP contribution in [0.3, 0.4) is 0 Å². The quantitative estimate of drug-likeness (QED) is 0.836. The number of hydrogen-bond donors (Lipinski definition) is 1. The zero-order chi connectivity index (χ0) is 16.2. The molecule has 1 aliphatic heterocycles. The Morgan fingerprint density at radius 1 is 1.17 bits per heavy atom. The molecule has 1 N–H and O–H groups in total. The van der Waals surface area contributed by atoms with Crippen LogP contribution in [0.15, 0.2) is 24.3 Å². The molecule has 0 spiro atoms. The number of carbonyl (C=O) groups is 1. The van der Waals surface area contributed by atoms with E-state index in [9.17, 15) is 4.79 Å². The van der Waals surface area contributed by atoms with E-state index in [0.717, 1.165) is 31.0 Å². The standard InChI is InChI=1S/C17H23N3O2S/c1-2-22-17(21)20-9-7-19(8-10-20)16(23)18-15-11-13-5-3-4-6-14(13)12-15/h3-6,15H,2,7-12H2,1H3,(H,18,23). The third-order valence-corrected chi connectivity index (χ3v) is 4.85. The fourth-order valence-electron chi connectivity index (χ4n) is 3.23. The van der Waals surface area contributed by atoms with E-state index in [0.29, 0.717) is 25.7 Å². The molecule has 1 aliphatic carbocycles. The van der Waals surface area contributed by atoms with Gasteiger partial charge in [0.15, 0.2) is 5.11 Å². The predicted molar refractivity (Wildman–Crippen MR) is 93.5 cm³/mol. The molecule has 3 rings (SSSR count). The monoisotopic (exact) mass is 333 g/mol. The van der Waals surface area contributed by atoms with Gasteiger partial charge in [-0.3, -0.25) is 0 Å². The summed E-state index contributed by atoms with van der Waals surface area (Å²) in [5, 5.41) is 4.28. The van der Waals surface area contributed by atoms with Crippen LogP contribution in [0.5, 0.6) is 0 Å². The second-order valence-corrected chi connectivity index (χ2v) is 6.38. The summed E-state index contributed by atoms with van der Waals surface area (Å²) in [5.41, 5.74) is 2.83. The molecule has 0 aromatic heterocycles. The zero-order valence-electron chi connectivity index (χ0n) is 13.5. The van der Waals surface area contributed by atoms with Crippen molar-refractivity contribution in [3.05, 3.63) is 35.4 Å². The molecule has 6 heteroatoms. The van der Waals surface area contributed by atoms with E-state index in [2.05, 4.69) is 34.5 Å². The molecular weight excluding hydrogens is 310 g/mol. The topological polar surface area (TPSA) is 44.8 Å². The number of nitrogens with one attached hydrogen (secondary N) is 1. The number of thiocarbonyl (C=S) groups is 1. The molecule has 124 valence electrons. The number of benzene rings is 1. The molecule has 1 heterocycles. The van der Waals surface area contributed by atoms with Gasteiger partial charge in [0.1, 0.15) is 0 Å². The lowest BCUT2D eigenvalue weighted by Gasteiger charge is -2.36. The van der Waals surface area contributed by atoms with Gasteiger partial charge in [0, 0.05) is 32.2 Å². The number of carbonyl (C=O) groups excluding carboxylic acids is 1. The maximum Gasteiger partial charge on any atom is 0.409 e. The predicted octanol–water partition coefficient (Wildman–Crippen LogP) is 1.80. The molecule has 1 fully saturated rings. The molecule has 23 heavy (non-hydrogen) atoms. The smallest absolute Gasteiger partial charge is 0.409 e. The molecule has 0 saturated carbocycles. The van der Waals surface area contributed by atoms with E-state index in [1.165, 1.54) is 11.1 Å². The highest BCUT2D eigenvalue weighted by Gasteiger charge is 2.26. The van der Waals surface area contributed by atoms with Gasteiger partial charge >= 0.3 is 6.09 Å². The molecular formula is C17H23N3O2S. The van der Waals surface area contributed by atoms with Crippen LogP contribution in [0, 0.1) is 0 Å². The molecule has 1 amide bonds. The van der Waals surface area contributed by atoms with Crippen molar-refractivity contribution in [1.82, 2.24) is 15.1 Å². The minimum atomic E-state index is -0.225. The zero-order valence-corrected chi connectivity index (χ0v) is 14.3. The summed E-state index contributed by atoms with van der Waals surface area (Å²) in [4.78, 5) is 15.6. The van der Waals surface area contributed by atoms with Crippen molar-refractivity contribution in [2.75, 3.05) is 32.8 Å². The van der Waals surface area contributed by atoms with E-state index >= 15 is 0 Å². The van der Waals surface area contributed by atoms with Crippen molar-refractivity contribution >= 4 is 23.4 Å². The summed E-state index contributed by atoms with van der Waals surface area (Å²) in [6.07, 6.45) is 1.83. The number of amides is 1. The van der Waals surface area contributed by atoms with E-state index in [4.69, 9.17) is 17.0 Å². The second-order valence-electron chi connectivity index (χ2n) is 6.00. The van der Waals surface area contributed by atoms with Gasteiger partial charge in [-0.25, -0.2) is 4.79 Å². The van der Waals surface area contributed by atoms with Crippen molar-refractivity contribution in [2.45, 2.75) is 25.8 Å². The van der Waals surface area contributed by atoms with Gasteiger partial charge in [-0.2, -0.15) is 0 Å². The highest BCUT2D eigenvalue weighted by Crippen LogP contribution is 2.21. The third-order valence-electron chi connectivity index (χ3n) is 4.47. The Labute approximate surface area is 142 Å². The van der Waals surface area contributed by atoms with Crippen LogP contribution in [-0.4, -0.2) is 59.8 Å². The van der Waals surface area contributed by atoms with Crippen molar-refractivity contribution in [3.8, 4) is 0 Å². The van der Waals surface area contributed by atoms with Crippen LogP contribution in [0.1, 0.15) is 18.1 Å². The molecule has 0 radical (unpaired) electrons. The minimum absolute atomic E-state index is 0.225. The van der Waals surface area contributed by atoms with E-state index < -0.39 is 0 Å². The maximum absolute atomic E-state index is 11.7. The number of nitrogens with zero attached hydrogens (tertiary/aromatic N) is 2. The molecule has 1 aromatic rings. The summed E-state index contributed by atoms with van der Waals surface area (Å²) < 4.78 is 5.04. The summed E-state index contributed by atoms with van der Waals surface area (Å²) in [6, 6.07) is 8.95. The summed E-state index contributed by atoms with van der Waals surface area (Å²) >= 11 is 5.56. The van der Waals surface area contributed by atoms with Gasteiger partial charge in [0.25, 0.3) is 0 Å². The van der Waals surface area contributed by atoms with Crippen LogP contribution in [0.25, 0.3) is 0 Å². The lowest BCUT2D eigenvalue weighted by molar-refractivity contribution is 0.0917. The summed E-state index contributed by atoms with van der Waals surface area (Å²) in [6.45, 7) is 5.07. The minimum Gasteiger partial charge on any atom is -0.450 e. The number of ether oxygens (including phenoxy) is 1. The first-order chi connectivity index (χ1) is 11.2. The van der Waals surface area contributed by atoms with Gasteiger partial charge in [-0.15, -0.1) is 0 Å². The molecule has 0 bridgehead atoms. The molecule has 2 aliphatic rings. The normalized spacial score (nSPS) is 17.8. The second kappa shape index (κ2) is 7.17. The van der Waals surface area contributed by atoms with Gasteiger partial charge in [0.05, 0.1) is 6.61 Å². The van der Waals surface area contributed by atoms with Gasteiger partial charge in [-0.05, 0) is 43.1 Å². The Bertz CT molecular complexity index is 560.